The van der Waals surface area contributed by atoms with Crippen molar-refractivity contribution in [2.24, 2.45) is 5.92 Å². The molecule has 0 saturated heterocycles. The first-order valence-electron chi connectivity index (χ1n) is 6.47. The van der Waals surface area contributed by atoms with Gasteiger partial charge in [0.05, 0.1) is 16.7 Å². The Hall–Kier alpha value is -0.770. The summed E-state index contributed by atoms with van der Waals surface area (Å²) in [6, 6.07) is 4.74. The Morgan fingerprint density at radius 1 is 1.47 bits per heavy atom. The van der Waals surface area contributed by atoms with E-state index in [1.165, 1.54) is 12.8 Å². The van der Waals surface area contributed by atoms with Gasteiger partial charge >= 0.3 is 5.97 Å². The van der Waals surface area contributed by atoms with Crippen LogP contribution in [0.1, 0.15) is 31.4 Å². The van der Waals surface area contributed by atoms with Crippen LogP contribution in [-0.2, 0) is 9.53 Å². The van der Waals surface area contributed by atoms with Crippen LogP contribution >= 0.6 is 23.2 Å². The summed E-state index contributed by atoms with van der Waals surface area (Å²) in [5.74, 6) is 0.349. The highest BCUT2D eigenvalue weighted by Crippen LogP contribution is 2.32. The fourth-order valence-corrected chi connectivity index (χ4v) is 2.31. The Balaban J connectivity index is 2.18. The van der Waals surface area contributed by atoms with Crippen LogP contribution in [0.25, 0.3) is 0 Å². The summed E-state index contributed by atoms with van der Waals surface area (Å²) in [5, 5.41) is 4.09. The largest absolute Gasteiger partial charge is 0.465 e. The number of rotatable bonds is 6. The zero-order chi connectivity index (χ0) is 13.8. The molecule has 1 unspecified atom stereocenters. The van der Waals surface area contributed by atoms with Gasteiger partial charge < -0.3 is 10.1 Å². The molecule has 1 fully saturated rings. The van der Waals surface area contributed by atoms with E-state index in [0.717, 1.165) is 6.54 Å². The summed E-state index contributed by atoms with van der Waals surface area (Å²) in [7, 11) is 0. The summed E-state index contributed by atoms with van der Waals surface area (Å²) in [6.45, 7) is 2.93. The molecule has 1 atom stereocenters. The van der Waals surface area contributed by atoms with Gasteiger partial charge in [-0.3, -0.25) is 0 Å². The molecule has 3 nitrogen and oxygen atoms in total. The van der Waals surface area contributed by atoms with Crippen molar-refractivity contribution in [1.29, 1.82) is 0 Å². The van der Waals surface area contributed by atoms with Crippen molar-refractivity contribution in [2.45, 2.75) is 25.8 Å². The lowest BCUT2D eigenvalue weighted by atomic mass is 10.1. The monoisotopic (exact) mass is 301 g/mol. The highest BCUT2D eigenvalue weighted by molar-refractivity contribution is 6.42. The molecule has 1 aliphatic carbocycles. The Morgan fingerprint density at radius 2 is 2.21 bits per heavy atom. The van der Waals surface area contributed by atoms with Crippen molar-refractivity contribution in [3.8, 4) is 0 Å². The summed E-state index contributed by atoms with van der Waals surface area (Å²) in [5.41, 5.74) is 0.674. The van der Waals surface area contributed by atoms with Gasteiger partial charge in [-0.1, -0.05) is 35.3 Å². The fourth-order valence-electron chi connectivity index (χ4n) is 1.90. The number of halogens is 2. The molecule has 1 saturated carbocycles. The van der Waals surface area contributed by atoms with Gasteiger partial charge in [-0.05, 0) is 38.3 Å². The van der Waals surface area contributed by atoms with Crippen LogP contribution in [0.15, 0.2) is 18.2 Å². The van der Waals surface area contributed by atoms with E-state index in [4.69, 9.17) is 27.9 Å². The summed E-state index contributed by atoms with van der Waals surface area (Å²) >= 11 is 12.2. The standard InChI is InChI=1S/C14H17Cl2NO2/c1-2-19-14(18)13(17-8-9-6-7-9)10-4-3-5-11(15)12(10)16/h3-5,9,13,17H,2,6-8H2,1H3. The summed E-state index contributed by atoms with van der Waals surface area (Å²) in [4.78, 5) is 12.1. The van der Waals surface area contributed by atoms with Crippen LogP contribution < -0.4 is 5.32 Å². The molecule has 0 amide bonds. The highest BCUT2D eigenvalue weighted by atomic mass is 35.5. The van der Waals surface area contributed by atoms with Crippen LogP contribution in [0.5, 0.6) is 0 Å². The molecule has 104 valence electrons. The number of esters is 1. The lowest BCUT2D eigenvalue weighted by Crippen LogP contribution is -2.32. The second kappa shape index (κ2) is 6.60. The fraction of sp³-hybridized carbons (Fsp3) is 0.500. The Kier molecular flexibility index (Phi) is 5.08. The van der Waals surface area contributed by atoms with Gasteiger partial charge in [0.2, 0.25) is 0 Å². The number of benzene rings is 1. The van der Waals surface area contributed by atoms with Crippen LogP contribution in [0.2, 0.25) is 10.0 Å². The van der Waals surface area contributed by atoms with Gasteiger partial charge in [-0.2, -0.15) is 0 Å². The minimum atomic E-state index is -0.549. The summed E-state index contributed by atoms with van der Waals surface area (Å²) < 4.78 is 5.10. The predicted molar refractivity (Wildman–Crippen MR) is 76.6 cm³/mol. The van der Waals surface area contributed by atoms with Gasteiger partial charge in [0.25, 0.3) is 0 Å². The van der Waals surface area contributed by atoms with E-state index in [1.54, 1.807) is 25.1 Å². The third kappa shape index (κ3) is 3.85. The maximum atomic E-state index is 12.1. The van der Waals surface area contributed by atoms with Gasteiger partial charge in [0.15, 0.2) is 0 Å². The average Bonchev–Trinajstić information content (AvgIpc) is 3.19. The number of hydrogen-bond donors (Lipinski definition) is 1. The Labute approximate surface area is 123 Å². The molecule has 1 aromatic rings. The topological polar surface area (TPSA) is 38.3 Å². The lowest BCUT2D eigenvalue weighted by molar-refractivity contribution is -0.145. The van der Waals surface area contributed by atoms with Crippen LogP contribution in [-0.4, -0.2) is 19.1 Å². The number of carbonyl (C=O) groups is 1. The van der Waals surface area contributed by atoms with Crippen LogP contribution in [0.4, 0.5) is 0 Å². The van der Waals surface area contributed by atoms with E-state index < -0.39 is 6.04 Å². The quantitative estimate of drug-likeness (QED) is 0.816. The first kappa shape index (κ1) is 14.6. The van der Waals surface area contributed by atoms with Crippen molar-refractivity contribution in [1.82, 2.24) is 5.32 Å². The van der Waals surface area contributed by atoms with E-state index in [-0.39, 0.29) is 5.97 Å². The van der Waals surface area contributed by atoms with Gasteiger partial charge in [0.1, 0.15) is 6.04 Å². The van der Waals surface area contributed by atoms with Gasteiger partial charge in [-0.15, -0.1) is 0 Å². The molecule has 5 heteroatoms. The van der Waals surface area contributed by atoms with Crippen LogP contribution in [0, 0.1) is 5.92 Å². The van der Waals surface area contributed by atoms with E-state index in [9.17, 15) is 4.79 Å². The first-order valence-corrected chi connectivity index (χ1v) is 7.23. The molecule has 19 heavy (non-hydrogen) atoms. The Bertz CT molecular complexity index is 461. The van der Waals surface area contributed by atoms with E-state index in [0.29, 0.717) is 28.1 Å². The molecule has 1 N–H and O–H groups in total. The van der Waals surface area contributed by atoms with Gasteiger partial charge in [-0.25, -0.2) is 4.79 Å². The number of carbonyl (C=O) groups excluding carboxylic acids is 1. The maximum Gasteiger partial charge on any atom is 0.327 e. The molecule has 0 spiro atoms. The number of hydrogen-bond acceptors (Lipinski definition) is 3. The zero-order valence-electron chi connectivity index (χ0n) is 10.8. The van der Waals surface area contributed by atoms with Crippen LogP contribution in [0.3, 0.4) is 0 Å². The third-order valence-corrected chi connectivity index (χ3v) is 3.96. The van der Waals surface area contributed by atoms with E-state index >= 15 is 0 Å². The molecule has 1 aliphatic rings. The number of ether oxygens (including phenoxy) is 1. The molecule has 0 bridgehead atoms. The Morgan fingerprint density at radius 3 is 2.84 bits per heavy atom. The van der Waals surface area contributed by atoms with E-state index in [2.05, 4.69) is 5.32 Å². The van der Waals surface area contributed by atoms with E-state index in [1.807, 2.05) is 0 Å². The van der Waals surface area contributed by atoms with Crippen molar-refractivity contribution < 1.29 is 9.53 Å². The number of nitrogens with one attached hydrogen (secondary N) is 1. The van der Waals surface area contributed by atoms with Crippen molar-refractivity contribution in [2.75, 3.05) is 13.2 Å². The molecule has 1 aromatic carbocycles. The molecule has 2 rings (SSSR count). The minimum absolute atomic E-state index is 0.313. The molecular weight excluding hydrogens is 285 g/mol. The van der Waals surface area contributed by atoms with Crippen molar-refractivity contribution in [3.63, 3.8) is 0 Å². The molecule has 0 aromatic heterocycles. The van der Waals surface area contributed by atoms with Gasteiger partial charge in [0, 0.05) is 5.56 Å². The first-order chi connectivity index (χ1) is 9.13. The smallest absolute Gasteiger partial charge is 0.327 e. The maximum absolute atomic E-state index is 12.1. The average molecular weight is 302 g/mol. The summed E-state index contributed by atoms with van der Waals surface area (Å²) in [6.07, 6.45) is 2.43. The highest BCUT2D eigenvalue weighted by Gasteiger charge is 2.28. The normalized spacial score (nSPS) is 16.2. The molecule has 0 aliphatic heterocycles. The second-order valence-corrected chi connectivity index (χ2v) is 5.46. The lowest BCUT2D eigenvalue weighted by Gasteiger charge is -2.19. The third-order valence-electron chi connectivity index (χ3n) is 3.12. The van der Waals surface area contributed by atoms with Crippen molar-refractivity contribution >= 4 is 29.2 Å². The van der Waals surface area contributed by atoms with Crippen molar-refractivity contribution in [3.05, 3.63) is 33.8 Å². The molecule has 0 radical (unpaired) electrons. The molecule has 0 heterocycles. The zero-order valence-corrected chi connectivity index (χ0v) is 12.3. The predicted octanol–water partition coefficient (Wildman–Crippen LogP) is 3.60. The minimum Gasteiger partial charge on any atom is -0.465 e. The molecular formula is C14H17Cl2NO2. The SMILES string of the molecule is CCOC(=O)C(NCC1CC1)c1cccc(Cl)c1Cl. The second-order valence-electron chi connectivity index (χ2n) is 4.68.